The Morgan fingerprint density at radius 2 is 1.79 bits per heavy atom. The first kappa shape index (κ1) is 17.5. The van der Waals surface area contributed by atoms with Crippen LogP contribution in [0.3, 0.4) is 0 Å². The molecule has 140 valence electrons. The maximum absolute atomic E-state index is 15.8. The van der Waals surface area contributed by atoms with E-state index in [0.29, 0.717) is 21.8 Å². The molecule has 3 heterocycles. The zero-order valence-corrected chi connectivity index (χ0v) is 15.7. The Bertz CT molecular complexity index is 1450. The highest BCUT2D eigenvalue weighted by molar-refractivity contribution is 6.35. The fourth-order valence-electron chi connectivity index (χ4n) is 3.53. The van der Waals surface area contributed by atoms with Crippen LogP contribution in [0.2, 0.25) is 5.02 Å². The fraction of sp³-hybridized carbons (Fsp3) is 0. The zero-order chi connectivity index (χ0) is 20.0. The zero-order valence-electron chi connectivity index (χ0n) is 15.0. The summed E-state index contributed by atoms with van der Waals surface area (Å²) in [5.41, 5.74) is 2.32. The van der Waals surface area contributed by atoms with Gasteiger partial charge in [-0.1, -0.05) is 48.0 Å². The molecule has 5 rings (SSSR count). The summed E-state index contributed by atoms with van der Waals surface area (Å²) in [4.78, 5) is 24.1. The van der Waals surface area contributed by atoms with E-state index < -0.39 is 11.2 Å². The number of halogens is 2. The van der Waals surface area contributed by atoms with Crippen LogP contribution >= 0.6 is 11.6 Å². The van der Waals surface area contributed by atoms with Gasteiger partial charge in [-0.25, -0.2) is 9.37 Å². The number of hydrogen-bond donors (Lipinski definition) is 1. The van der Waals surface area contributed by atoms with E-state index >= 15 is 4.39 Å². The van der Waals surface area contributed by atoms with Gasteiger partial charge in [0.2, 0.25) is 0 Å². The highest BCUT2D eigenvalue weighted by Crippen LogP contribution is 2.38. The second kappa shape index (κ2) is 6.79. The largest absolute Gasteiger partial charge is 0.346 e. The molecular weight excluding hydrogens is 389 g/mol. The number of aromatic nitrogens is 3. The van der Waals surface area contributed by atoms with Crippen LogP contribution in [-0.4, -0.2) is 15.0 Å². The van der Waals surface area contributed by atoms with Gasteiger partial charge >= 0.3 is 0 Å². The summed E-state index contributed by atoms with van der Waals surface area (Å²) in [6.45, 7) is 0. The first-order chi connectivity index (χ1) is 14.1. The van der Waals surface area contributed by atoms with Gasteiger partial charge in [0.25, 0.3) is 0 Å². The second-order valence-corrected chi connectivity index (χ2v) is 7.02. The van der Waals surface area contributed by atoms with Gasteiger partial charge in [0.1, 0.15) is 16.9 Å². The molecule has 5 aromatic rings. The van der Waals surface area contributed by atoms with Crippen molar-refractivity contribution in [3.05, 3.63) is 94.1 Å². The van der Waals surface area contributed by atoms with Crippen molar-refractivity contribution in [2.24, 2.45) is 0 Å². The number of benzene rings is 2. The van der Waals surface area contributed by atoms with Crippen molar-refractivity contribution in [1.82, 2.24) is 15.0 Å². The molecule has 0 fully saturated rings. The van der Waals surface area contributed by atoms with Crippen molar-refractivity contribution in [3.63, 3.8) is 0 Å². The Morgan fingerprint density at radius 1 is 0.966 bits per heavy atom. The Labute approximate surface area is 169 Å². The molecule has 0 bridgehead atoms. The molecule has 0 amide bonds. The minimum absolute atomic E-state index is 0.0791. The number of aromatic amines is 1. The maximum Gasteiger partial charge on any atom is 0.194 e. The Balaban J connectivity index is 1.93. The van der Waals surface area contributed by atoms with Crippen molar-refractivity contribution < 1.29 is 4.39 Å². The molecule has 4 nitrogen and oxygen atoms in total. The average Bonchev–Trinajstić information content (AvgIpc) is 2.74. The summed E-state index contributed by atoms with van der Waals surface area (Å²) in [5.74, 6) is -0.630. The summed E-state index contributed by atoms with van der Waals surface area (Å²) in [5, 5.41) is 1.10. The number of H-pyrrole nitrogens is 1. The summed E-state index contributed by atoms with van der Waals surface area (Å²) in [7, 11) is 0. The van der Waals surface area contributed by atoms with Crippen LogP contribution in [0.25, 0.3) is 44.3 Å². The van der Waals surface area contributed by atoms with Gasteiger partial charge in [-0.05, 0) is 23.8 Å². The first-order valence-corrected chi connectivity index (χ1v) is 9.32. The third-order valence-electron chi connectivity index (χ3n) is 4.83. The van der Waals surface area contributed by atoms with Crippen LogP contribution < -0.4 is 5.43 Å². The van der Waals surface area contributed by atoms with Crippen LogP contribution in [0.1, 0.15) is 0 Å². The molecule has 0 aliphatic rings. The van der Waals surface area contributed by atoms with Gasteiger partial charge in [-0.15, -0.1) is 0 Å². The predicted octanol–water partition coefficient (Wildman–Crippen LogP) is 5.60. The highest BCUT2D eigenvalue weighted by Gasteiger charge is 2.21. The van der Waals surface area contributed by atoms with E-state index in [1.54, 1.807) is 18.3 Å². The average molecular weight is 402 g/mol. The smallest absolute Gasteiger partial charge is 0.194 e. The molecule has 29 heavy (non-hydrogen) atoms. The lowest BCUT2D eigenvalue weighted by Gasteiger charge is -2.14. The molecule has 0 unspecified atom stereocenters. The minimum Gasteiger partial charge on any atom is -0.346 e. The predicted molar refractivity (Wildman–Crippen MR) is 114 cm³/mol. The van der Waals surface area contributed by atoms with Gasteiger partial charge in [-0.2, -0.15) is 0 Å². The van der Waals surface area contributed by atoms with Crippen molar-refractivity contribution in [1.29, 1.82) is 0 Å². The van der Waals surface area contributed by atoms with E-state index in [-0.39, 0.29) is 16.6 Å². The summed E-state index contributed by atoms with van der Waals surface area (Å²) in [6, 6.07) is 17.7. The molecule has 0 aliphatic carbocycles. The molecule has 0 atom stereocenters. The van der Waals surface area contributed by atoms with Crippen molar-refractivity contribution in [2.75, 3.05) is 0 Å². The van der Waals surface area contributed by atoms with Gasteiger partial charge < -0.3 is 4.98 Å². The van der Waals surface area contributed by atoms with Crippen molar-refractivity contribution in [2.45, 2.75) is 0 Å². The normalized spacial score (nSPS) is 11.2. The summed E-state index contributed by atoms with van der Waals surface area (Å²) in [6.07, 6.45) is 3.12. The van der Waals surface area contributed by atoms with Crippen LogP contribution in [0, 0.1) is 5.82 Å². The summed E-state index contributed by atoms with van der Waals surface area (Å²) < 4.78 is 15.8. The third-order valence-corrected chi connectivity index (χ3v) is 5.12. The third kappa shape index (κ3) is 2.87. The fourth-order valence-corrected chi connectivity index (χ4v) is 3.80. The van der Waals surface area contributed by atoms with E-state index in [4.69, 9.17) is 11.6 Å². The topological polar surface area (TPSA) is 58.6 Å². The molecule has 2 aromatic carbocycles. The number of hydrogen-bond acceptors (Lipinski definition) is 3. The molecule has 1 N–H and O–H groups in total. The molecule has 0 spiro atoms. The SMILES string of the molecule is O=c1cc[nH]c2nc(-c3ccccc3)c(-c3cc(Cl)c4ncccc4c3)c(F)c12. The maximum atomic E-state index is 15.8. The Morgan fingerprint density at radius 3 is 2.62 bits per heavy atom. The molecule has 0 radical (unpaired) electrons. The van der Waals surface area contributed by atoms with E-state index in [0.717, 1.165) is 10.9 Å². The summed E-state index contributed by atoms with van der Waals surface area (Å²) >= 11 is 6.44. The number of pyridine rings is 3. The van der Waals surface area contributed by atoms with Crippen molar-refractivity contribution in [3.8, 4) is 22.4 Å². The lowest BCUT2D eigenvalue weighted by Crippen LogP contribution is -2.07. The minimum atomic E-state index is -0.630. The van der Waals surface area contributed by atoms with E-state index in [2.05, 4.69) is 15.0 Å². The van der Waals surface area contributed by atoms with Crippen LogP contribution in [-0.2, 0) is 0 Å². The Kier molecular flexibility index (Phi) is 4.11. The number of rotatable bonds is 2. The van der Waals surface area contributed by atoms with Crippen LogP contribution in [0.4, 0.5) is 4.39 Å². The van der Waals surface area contributed by atoms with E-state index in [9.17, 15) is 4.79 Å². The van der Waals surface area contributed by atoms with E-state index in [1.807, 2.05) is 42.5 Å². The van der Waals surface area contributed by atoms with E-state index in [1.165, 1.54) is 12.3 Å². The second-order valence-electron chi connectivity index (χ2n) is 6.61. The van der Waals surface area contributed by atoms with Gasteiger partial charge in [0.15, 0.2) is 5.43 Å². The van der Waals surface area contributed by atoms with Crippen molar-refractivity contribution >= 4 is 33.5 Å². The first-order valence-electron chi connectivity index (χ1n) is 8.94. The van der Waals surface area contributed by atoms with Gasteiger partial charge in [0, 0.05) is 35.0 Å². The molecule has 6 heteroatoms. The lowest BCUT2D eigenvalue weighted by molar-refractivity contribution is 0.641. The number of nitrogens with one attached hydrogen (secondary N) is 1. The molecule has 0 saturated heterocycles. The van der Waals surface area contributed by atoms with Crippen LogP contribution in [0.15, 0.2) is 77.9 Å². The van der Waals surface area contributed by atoms with Crippen LogP contribution in [0.5, 0.6) is 0 Å². The number of fused-ring (bicyclic) bond motifs is 2. The Hall–Kier alpha value is -3.57. The lowest BCUT2D eigenvalue weighted by atomic mass is 9.96. The van der Waals surface area contributed by atoms with Gasteiger partial charge in [-0.3, -0.25) is 9.78 Å². The van der Waals surface area contributed by atoms with Gasteiger partial charge in [0.05, 0.1) is 16.2 Å². The molecule has 0 aliphatic heterocycles. The highest BCUT2D eigenvalue weighted by atomic mass is 35.5. The molecular formula is C23H13ClFN3O. The molecule has 0 saturated carbocycles. The quantitative estimate of drug-likeness (QED) is 0.419. The standard InChI is InChI=1S/C23H13ClFN3O/c24-16-12-15(11-14-7-4-9-26-21(14)16)18-20(25)19-17(29)8-10-27-23(19)28-22(18)13-5-2-1-3-6-13/h1-12H,(H,27,28,29). The monoisotopic (exact) mass is 401 g/mol. The number of nitrogens with zero attached hydrogens (tertiary/aromatic N) is 2. The molecule has 3 aromatic heterocycles.